The third kappa shape index (κ3) is 3.43. The molecular weight excluding hydrogens is 235 g/mol. The molecule has 0 fully saturated rings. The van der Waals surface area contributed by atoms with Crippen molar-refractivity contribution in [1.82, 2.24) is 5.32 Å². The number of nitrogens with one attached hydrogen (secondary N) is 1. The predicted octanol–water partition coefficient (Wildman–Crippen LogP) is 1.45. The fourth-order valence-electron chi connectivity index (χ4n) is 1.83. The number of amides is 1. The van der Waals surface area contributed by atoms with E-state index in [2.05, 4.69) is 5.32 Å². The molecule has 0 radical (unpaired) electrons. The standard InChI is InChI=1S/C13H19FN2O2/c1-4-15-12(18)8-16(3)11-7-5-6-10(14)13(11)9(2)17/h5-7,9,17H,4,8H2,1-3H3,(H,15,18). The summed E-state index contributed by atoms with van der Waals surface area (Å²) >= 11 is 0. The van der Waals surface area contributed by atoms with Gasteiger partial charge in [0.25, 0.3) is 0 Å². The molecule has 1 aromatic rings. The lowest BCUT2D eigenvalue weighted by atomic mass is 10.1. The van der Waals surface area contributed by atoms with Crippen LogP contribution in [0.3, 0.4) is 0 Å². The van der Waals surface area contributed by atoms with Gasteiger partial charge in [-0.2, -0.15) is 0 Å². The topological polar surface area (TPSA) is 52.6 Å². The Morgan fingerprint density at radius 3 is 2.78 bits per heavy atom. The number of aliphatic hydroxyl groups excluding tert-OH is 1. The first-order valence-corrected chi connectivity index (χ1v) is 5.91. The Hall–Kier alpha value is -1.62. The van der Waals surface area contributed by atoms with Gasteiger partial charge in [0.1, 0.15) is 5.82 Å². The number of benzene rings is 1. The van der Waals surface area contributed by atoms with Crippen molar-refractivity contribution in [1.29, 1.82) is 0 Å². The van der Waals surface area contributed by atoms with Crippen LogP contribution in [0.4, 0.5) is 10.1 Å². The first-order valence-electron chi connectivity index (χ1n) is 5.91. The van der Waals surface area contributed by atoms with Crippen LogP contribution in [0.15, 0.2) is 18.2 Å². The van der Waals surface area contributed by atoms with Crippen LogP contribution in [-0.4, -0.2) is 31.2 Å². The fourth-order valence-corrected chi connectivity index (χ4v) is 1.83. The van der Waals surface area contributed by atoms with Gasteiger partial charge in [0, 0.05) is 24.8 Å². The number of aliphatic hydroxyl groups is 1. The van der Waals surface area contributed by atoms with Crippen LogP contribution in [0.2, 0.25) is 0 Å². The van der Waals surface area contributed by atoms with Gasteiger partial charge in [-0.3, -0.25) is 4.79 Å². The van der Waals surface area contributed by atoms with Gasteiger partial charge in [0.15, 0.2) is 0 Å². The molecule has 0 aliphatic heterocycles. The molecule has 1 amide bonds. The van der Waals surface area contributed by atoms with E-state index in [0.29, 0.717) is 12.2 Å². The maximum Gasteiger partial charge on any atom is 0.239 e. The van der Waals surface area contributed by atoms with Crippen LogP contribution in [0, 0.1) is 5.82 Å². The lowest BCUT2D eigenvalue weighted by Gasteiger charge is -2.23. The van der Waals surface area contributed by atoms with E-state index in [1.165, 1.54) is 13.0 Å². The van der Waals surface area contributed by atoms with E-state index >= 15 is 0 Å². The zero-order chi connectivity index (χ0) is 13.7. The predicted molar refractivity (Wildman–Crippen MR) is 69.0 cm³/mol. The van der Waals surface area contributed by atoms with Gasteiger partial charge < -0.3 is 15.3 Å². The minimum Gasteiger partial charge on any atom is -0.389 e. The summed E-state index contributed by atoms with van der Waals surface area (Å²) in [6, 6.07) is 4.54. The van der Waals surface area contributed by atoms with Crippen molar-refractivity contribution in [2.24, 2.45) is 0 Å². The van der Waals surface area contributed by atoms with Gasteiger partial charge in [0.2, 0.25) is 5.91 Å². The Kier molecular flexibility index (Phi) is 5.09. The zero-order valence-corrected chi connectivity index (χ0v) is 10.9. The van der Waals surface area contributed by atoms with E-state index < -0.39 is 11.9 Å². The van der Waals surface area contributed by atoms with Crippen LogP contribution in [0.1, 0.15) is 25.5 Å². The quantitative estimate of drug-likeness (QED) is 0.836. The molecule has 18 heavy (non-hydrogen) atoms. The molecule has 0 heterocycles. The maximum atomic E-state index is 13.7. The number of carbonyl (C=O) groups is 1. The van der Waals surface area contributed by atoms with Gasteiger partial charge in [-0.05, 0) is 26.0 Å². The summed E-state index contributed by atoms with van der Waals surface area (Å²) in [5.41, 5.74) is 0.737. The van der Waals surface area contributed by atoms with Gasteiger partial charge in [-0.25, -0.2) is 4.39 Å². The largest absolute Gasteiger partial charge is 0.389 e. The first kappa shape index (κ1) is 14.4. The number of carbonyl (C=O) groups excluding carboxylic acids is 1. The second-order valence-electron chi connectivity index (χ2n) is 4.16. The summed E-state index contributed by atoms with van der Waals surface area (Å²) < 4.78 is 13.7. The van der Waals surface area contributed by atoms with Gasteiger partial charge in [-0.15, -0.1) is 0 Å². The van der Waals surface area contributed by atoms with Crippen LogP contribution < -0.4 is 10.2 Å². The Bertz CT molecular complexity index is 421. The number of rotatable bonds is 5. The summed E-state index contributed by atoms with van der Waals surface area (Å²) in [6.45, 7) is 4.01. The second kappa shape index (κ2) is 6.35. The highest BCUT2D eigenvalue weighted by Crippen LogP contribution is 2.27. The molecule has 1 unspecified atom stereocenters. The third-order valence-electron chi connectivity index (χ3n) is 2.61. The molecule has 0 aliphatic rings. The highest BCUT2D eigenvalue weighted by Gasteiger charge is 2.17. The molecule has 0 spiro atoms. The van der Waals surface area contributed by atoms with Crippen molar-refractivity contribution in [3.63, 3.8) is 0 Å². The fraction of sp³-hybridized carbons (Fsp3) is 0.462. The van der Waals surface area contributed by atoms with Gasteiger partial charge >= 0.3 is 0 Å². The first-order chi connectivity index (χ1) is 8.47. The summed E-state index contributed by atoms with van der Waals surface area (Å²) in [6.07, 6.45) is -0.919. The van der Waals surface area contributed by atoms with Crippen LogP contribution in [0.25, 0.3) is 0 Å². The molecule has 1 rings (SSSR count). The molecule has 0 aliphatic carbocycles. The van der Waals surface area contributed by atoms with Crippen molar-refractivity contribution in [2.45, 2.75) is 20.0 Å². The second-order valence-corrected chi connectivity index (χ2v) is 4.16. The van der Waals surface area contributed by atoms with E-state index in [4.69, 9.17) is 0 Å². The number of halogens is 1. The molecule has 100 valence electrons. The molecular formula is C13H19FN2O2. The monoisotopic (exact) mass is 254 g/mol. The summed E-state index contributed by atoms with van der Waals surface area (Å²) in [7, 11) is 1.69. The van der Waals surface area contributed by atoms with E-state index in [9.17, 15) is 14.3 Å². The molecule has 5 heteroatoms. The number of anilines is 1. The smallest absolute Gasteiger partial charge is 0.239 e. The van der Waals surface area contributed by atoms with E-state index in [-0.39, 0.29) is 18.0 Å². The number of hydrogen-bond acceptors (Lipinski definition) is 3. The molecule has 4 nitrogen and oxygen atoms in total. The highest BCUT2D eigenvalue weighted by atomic mass is 19.1. The Morgan fingerprint density at radius 2 is 2.22 bits per heavy atom. The minimum atomic E-state index is -0.919. The van der Waals surface area contributed by atoms with E-state index in [1.54, 1.807) is 24.1 Å². The van der Waals surface area contributed by atoms with E-state index in [0.717, 1.165) is 0 Å². The SMILES string of the molecule is CCNC(=O)CN(C)c1cccc(F)c1C(C)O. The molecule has 2 N–H and O–H groups in total. The Morgan fingerprint density at radius 1 is 1.56 bits per heavy atom. The van der Waals surface area contributed by atoms with Gasteiger partial charge in [-0.1, -0.05) is 6.07 Å². The summed E-state index contributed by atoms with van der Waals surface area (Å²) in [5, 5.41) is 12.3. The van der Waals surface area contributed by atoms with Crippen LogP contribution >= 0.6 is 0 Å². The molecule has 0 saturated carbocycles. The normalized spacial score (nSPS) is 12.1. The summed E-state index contributed by atoms with van der Waals surface area (Å²) in [4.78, 5) is 13.1. The lowest BCUT2D eigenvalue weighted by molar-refractivity contribution is -0.119. The average Bonchev–Trinajstić information content (AvgIpc) is 2.28. The van der Waals surface area contributed by atoms with Crippen molar-refractivity contribution >= 4 is 11.6 Å². The molecule has 1 atom stereocenters. The minimum absolute atomic E-state index is 0.122. The molecule has 0 saturated heterocycles. The van der Waals surface area contributed by atoms with Crippen molar-refractivity contribution < 1.29 is 14.3 Å². The summed E-state index contributed by atoms with van der Waals surface area (Å²) in [5.74, 6) is -0.606. The Labute approximate surface area is 106 Å². The zero-order valence-electron chi connectivity index (χ0n) is 10.9. The Balaban J connectivity index is 2.95. The number of nitrogens with zero attached hydrogens (tertiary/aromatic N) is 1. The molecule has 0 bridgehead atoms. The average molecular weight is 254 g/mol. The third-order valence-corrected chi connectivity index (χ3v) is 2.61. The maximum absolute atomic E-state index is 13.7. The molecule has 1 aromatic carbocycles. The van der Waals surface area contributed by atoms with Crippen molar-refractivity contribution in [3.05, 3.63) is 29.6 Å². The van der Waals surface area contributed by atoms with E-state index in [1.807, 2.05) is 6.92 Å². The van der Waals surface area contributed by atoms with Crippen LogP contribution in [0.5, 0.6) is 0 Å². The van der Waals surface area contributed by atoms with Gasteiger partial charge in [0.05, 0.1) is 12.6 Å². The van der Waals surface area contributed by atoms with Crippen molar-refractivity contribution in [3.8, 4) is 0 Å². The van der Waals surface area contributed by atoms with Crippen molar-refractivity contribution in [2.75, 3.05) is 25.0 Å². The highest BCUT2D eigenvalue weighted by molar-refractivity contribution is 5.81. The molecule has 0 aromatic heterocycles. The number of likely N-dealkylation sites (N-methyl/N-ethyl adjacent to an activating group) is 2. The lowest BCUT2D eigenvalue weighted by Crippen LogP contribution is -2.35. The number of hydrogen-bond donors (Lipinski definition) is 2. The van der Waals surface area contributed by atoms with Crippen LogP contribution in [-0.2, 0) is 4.79 Å².